The highest BCUT2D eigenvalue weighted by Gasteiger charge is 2.15. The number of anilines is 1. The highest BCUT2D eigenvalue weighted by atomic mass is 35.5. The molecule has 0 spiro atoms. The summed E-state index contributed by atoms with van der Waals surface area (Å²) in [7, 11) is 1.52. The van der Waals surface area contributed by atoms with E-state index in [0.29, 0.717) is 21.5 Å². The first-order chi connectivity index (χ1) is 14.3. The van der Waals surface area contributed by atoms with Crippen molar-refractivity contribution in [2.24, 2.45) is 0 Å². The van der Waals surface area contributed by atoms with Gasteiger partial charge in [0.2, 0.25) is 0 Å². The molecule has 1 heterocycles. The minimum Gasteiger partial charge on any atom is -0.495 e. The number of benzene rings is 2. The van der Waals surface area contributed by atoms with Crippen molar-refractivity contribution in [2.45, 2.75) is 13.8 Å². The molecule has 0 saturated heterocycles. The maximum atomic E-state index is 12.7. The minimum absolute atomic E-state index is 0.0182. The number of rotatable bonds is 5. The highest BCUT2D eigenvalue weighted by Crippen LogP contribution is 2.29. The largest absolute Gasteiger partial charge is 0.495 e. The van der Waals surface area contributed by atoms with Gasteiger partial charge in [0.25, 0.3) is 5.91 Å². The Bertz CT molecular complexity index is 1190. The van der Waals surface area contributed by atoms with Gasteiger partial charge in [-0.3, -0.25) is 4.79 Å². The van der Waals surface area contributed by atoms with Crippen LogP contribution in [0.3, 0.4) is 0 Å². The molecule has 1 aromatic heterocycles. The van der Waals surface area contributed by atoms with Crippen molar-refractivity contribution < 1.29 is 9.53 Å². The van der Waals surface area contributed by atoms with Crippen molar-refractivity contribution in [2.75, 3.05) is 12.4 Å². The number of methoxy groups -OCH3 is 1. The second-order valence-corrected chi connectivity index (χ2v) is 7.40. The number of nitrogens with one attached hydrogen (secondary N) is 1. The summed E-state index contributed by atoms with van der Waals surface area (Å²) in [6.45, 7) is 3.85. The number of amides is 1. The van der Waals surface area contributed by atoms with E-state index in [2.05, 4.69) is 5.32 Å². The van der Waals surface area contributed by atoms with Gasteiger partial charge in [-0.1, -0.05) is 35.3 Å². The van der Waals surface area contributed by atoms with Crippen LogP contribution in [0.1, 0.15) is 17.0 Å². The molecule has 0 bridgehead atoms. The van der Waals surface area contributed by atoms with Gasteiger partial charge in [-0.15, -0.1) is 0 Å². The molecule has 0 aliphatic rings. The van der Waals surface area contributed by atoms with Crippen LogP contribution in [0.25, 0.3) is 11.8 Å². The Kier molecular flexibility index (Phi) is 6.51. The van der Waals surface area contributed by atoms with E-state index in [1.54, 1.807) is 42.5 Å². The molecule has 3 rings (SSSR count). The third-order valence-corrected chi connectivity index (χ3v) is 5.39. The Balaban J connectivity index is 1.95. The third-order valence-electron chi connectivity index (χ3n) is 4.65. The molecule has 0 atom stereocenters. The average Bonchev–Trinajstić information content (AvgIpc) is 3.01. The summed E-state index contributed by atoms with van der Waals surface area (Å²) in [6, 6.07) is 16.3. The molecule has 1 N–H and O–H groups in total. The molecule has 152 valence electrons. The van der Waals surface area contributed by atoms with E-state index < -0.39 is 5.91 Å². The lowest BCUT2D eigenvalue weighted by molar-refractivity contribution is -0.112. The summed E-state index contributed by atoms with van der Waals surface area (Å²) in [6.07, 6.45) is 1.57. The summed E-state index contributed by atoms with van der Waals surface area (Å²) in [4.78, 5) is 12.7. The lowest BCUT2D eigenvalue weighted by atomic mass is 10.1. The van der Waals surface area contributed by atoms with Crippen LogP contribution in [0.2, 0.25) is 10.0 Å². The molecule has 3 aromatic rings. The van der Waals surface area contributed by atoms with Crippen LogP contribution in [-0.4, -0.2) is 17.6 Å². The van der Waals surface area contributed by atoms with Gasteiger partial charge in [0, 0.05) is 17.1 Å². The maximum absolute atomic E-state index is 12.7. The van der Waals surface area contributed by atoms with E-state index >= 15 is 0 Å². The van der Waals surface area contributed by atoms with Crippen LogP contribution in [0.5, 0.6) is 5.75 Å². The molecule has 2 aromatic carbocycles. The summed E-state index contributed by atoms with van der Waals surface area (Å²) in [5.74, 6) is 0.00211. The van der Waals surface area contributed by atoms with Gasteiger partial charge in [-0.25, -0.2) is 0 Å². The van der Waals surface area contributed by atoms with E-state index in [1.807, 2.05) is 36.6 Å². The van der Waals surface area contributed by atoms with E-state index in [1.165, 1.54) is 7.11 Å². The first-order valence-electron chi connectivity index (χ1n) is 9.06. The van der Waals surface area contributed by atoms with Crippen molar-refractivity contribution in [1.29, 1.82) is 5.26 Å². The molecule has 0 saturated carbocycles. The normalized spacial score (nSPS) is 11.1. The Morgan fingerprint density at radius 1 is 1.13 bits per heavy atom. The summed E-state index contributed by atoms with van der Waals surface area (Å²) in [5, 5.41) is 13.2. The smallest absolute Gasteiger partial charge is 0.266 e. The SMILES string of the molecule is COc1ccccc1NC(=O)C(C#N)=Cc1cc(C)n(-c2ccc(Cl)c(Cl)c2)c1C. The van der Waals surface area contributed by atoms with Crippen molar-refractivity contribution in [3.05, 3.63) is 81.1 Å². The summed E-state index contributed by atoms with van der Waals surface area (Å²) in [5.41, 5.74) is 3.87. The van der Waals surface area contributed by atoms with Gasteiger partial charge in [0.15, 0.2) is 0 Å². The number of ether oxygens (including phenoxy) is 1. The lowest BCUT2D eigenvalue weighted by Gasteiger charge is -2.11. The zero-order valence-corrected chi connectivity index (χ0v) is 18.2. The molecule has 0 aliphatic heterocycles. The Labute approximate surface area is 185 Å². The van der Waals surface area contributed by atoms with Gasteiger partial charge in [0.1, 0.15) is 17.4 Å². The van der Waals surface area contributed by atoms with E-state index in [-0.39, 0.29) is 5.57 Å². The fourth-order valence-corrected chi connectivity index (χ4v) is 3.49. The second-order valence-electron chi connectivity index (χ2n) is 6.58. The van der Waals surface area contributed by atoms with Gasteiger partial charge in [0.05, 0.1) is 22.8 Å². The summed E-state index contributed by atoms with van der Waals surface area (Å²) >= 11 is 12.2. The van der Waals surface area contributed by atoms with Crippen LogP contribution >= 0.6 is 23.2 Å². The summed E-state index contributed by atoms with van der Waals surface area (Å²) < 4.78 is 7.23. The van der Waals surface area contributed by atoms with Crippen LogP contribution in [0.4, 0.5) is 5.69 Å². The zero-order chi connectivity index (χ0) is 21.8. The molecular formula is C23H19Cl2N3O2. The predicted octanol–water partition coefficient (Wildman–Crippen LogP) is 5.96. The van der Waals surface area contributed by atoms with Gasteiger partial charge in [-0.05, 0) is 61.9 Å². The third kappa shape index (κ3) is 4.35. The Morgan fingerprint density at radius 2 is 1.87 bits per heavy atom. The highest BCUT2D eigenvalue weighted by molar-refractivity contribution is 6.42. The van der Waals surface area contributed by atoms with Crippen molar-refractivity contribution in [1.82, 2.24) is 4.57 Å². The number of hydrogen-bond donors (Lipinski definition) is 1. The zero-order valence-electron chi connectivity index (χ0n) is 16.7. The molecule has 5 nitrogen and oxygen atoms in total. The number of carbonyl (C=O) groups excluding carboxylic acids is 1. The number of nitriles is 1. The van der Waals surface area contributed by atoms with Gasteiger partial charge < -0.3 is 14.6 Å². The fourth-order valence-electron chi connectivity index (χ4n) is 3.20. The van der Waals surface area contributed by atoms with Crippen LogP contribution in [0.15, 0.2) is 54.1 Å². The lowest BCUT2D eigenvalue weighted by Crippen LogP contribution is -2.14. The first kappa shape index (κ1) is 21.5. The quantitative estimate of drug-likeness (QED) is 0.394. The van der Waals surface area contributed by atoms with Crippen molar-refractivity contribution in [3.8, 4) is 17.5 Å². The number of para-hydroxylation sites is 2. The van der Waals surface area contributed by atoms with Crippen molar-refractivity contribution in [3.63, 3.8) is 0 Å². The van der Waals surface area contributed by atoms with Crippen LogP contribution in [-0.2, 0) is 4.79 Å². The first-order valence-corrected chi connectivity index (χ1v) is 9.81. The molecule has 30 heavy (non-hydrogen) atoms. The fraction of sp³-hybridized carbons (Fsp3) is 0.130. The molecule has 0 aliphatic carbocycles. The van der Waals surface area contributed by atoms with E-state index in [0.717, 1.165) is 22.6 Å². The van der Waals surface area contributed by atoms with Crippen LogP contribution in [0, 0.1) is 25.2 Å². The number of hydrogen-bond acceptors (Lipinski definition) is 3. The maximum Gasteiger partial charge on any atom is 0.266 e. The number of carbonyl (C=O) groups is 1. The molecule has 0 radical (unpaired) electrons. The van der Waals surface area contributed by atoms with E-state index in [4.69, 9.17) is 27.9 Å². The number of halogens is 2. The molecule has 0 fully saturated rings. The van der Waals surface area contributed by atoms with Crippen LogP contribution < -0.4 is 10.1 Å². The number of aromatic nitrogens is 1. The number of aryl methyl sites for hydroxylation is 1. The minimum atomic E-state index is -0.513. The Hall–Kier alpha value is -3.20. The standard InChI is InChI=1S/C23H19Cl2N3O2/c1-14-10-16(15(2)28(14)18-8-9-19(24)20(25)12-18)11-17(13-26)23(29)27-21-6-4-5-7-22(21)30-3/h4-12H,1-3H3,(H,27,29). The molecule has 7 heteroatoms. The second kappa shape index (κ2) is 9.08. The topological polar surface area (TPSA) is 67.0 Å². The monoisotopic (exact) mass is 439 g/mol. The average molecular weight is 440 g/mol. The van der Waals surface area contributed by atoms with Gasteiger partial charge >= 0.3 is 0 Å². The van der Waals surface area contributed by atoms with Crippen molar-refractivity contribution >= 4 is 40.9 Å². The Morgan fingerprint density at radius 3 is 2.53 bits per heavy atom. The molecular weight excluding hydrogens is 421 g/mol. The molecule has 0 unspecified atom stereocenters. The van der Waals surface area contributed by atoms with E-state index in [9.17, 15) is 10.1 Å². The number of nitrogens with zero attached hydrogens (tertiary/aromatic N) is 2. The van der Waals surface area contributed by atoms with Gasteiger partial charge in [-0.2, -0.15) is 5.26 Å². The predicted molar refractivity (Wildman–Crippen MR) is 120 cm³/mol. The molecule has 1 amide bonds.